The number of Topliss-reactive ketones (excluding diaryl/α,β-unsaturated/α-hetero) is 1. The van der Waals surface area contributed by atoms with E-state index in [0.29, 0.717) is 0 Å². The van der Waals surface area contributed by atoms with Crippen LogP contribution in [0.1, 0.15) is 17.4 Å². The highest BCUT2D eigenvalue weighted by atomic mass is 35.5. The van der Waals surface area contributed by atoms with Gasteiger partial charge in [-0.2, -0.15) is 0 Å². The molecule has 0 fully saturated rings. The second-order valence-corrected chi connectivity index (χ2v) is 3.64. The van der Waals surface area contributed by atoms with Gasteiger partial charge < -0.3 is 0 Å². The summed E-state index contributed by atoms with van der Waals surface area (Å²) in [7, 11) is 0. The van der Waals surface area contributed by atoms with E-state index in [1.807, 2.05) is 0 Å². The lowest BCUT2D eigenvalue weighted by Crippen LogP contribution is -2.23. The second kappa shape index (κ2) is 4.53. The third-order valence-electron chi connectivity index (χ3n) is 1.44. The Labute approximate surface area is 86.1 Å². The minimum Gasteiger partial charge on any atom is -0.291 e. The Morgan fingerprint density at radius 3 is 2.77 bits per heavy atom. The second-order valence-electron chi connectivity index (χ2n) is 2.49. The van der Waals surface area contributed by atoms with Crippen molar-refractivity contribution in [3.05, 3.63) is 24.3 Å². The monoisotopic (exact) mass is 217 g/mol. The molecule has 0 saturated carbocycles. The van der Waals surface area contributed by atoms with Crippen molar-refractivity contribution in [3.8, 4) is 0 Å². The molecule has 1 rings (SSSR count). The van der Waals surface area contributed by atoms with Crippen molar-refractivity contribution >= 4 is 29.0 Å². The summed E-state index contributed by atoms with van der Waals surface area (Å²) in [6.07, 6.45) is 3.75. The molecule has 5 heteroatoms. The van der Waals surface area contributed by atoms with E-state index in [0.717, 1.165) is 0 Å². The number of hydrogen-bond donors (Lipinski definition) is 0. The van der Waals surface area contributed by atoms with Crippen molar-refractivity contribution in [2.75, 3.05) is 0 Å². The number of hydrogen-bond acceptors (Lipinski definition) is 3. The number of aromatic nitrogens is 2. The zero-order chi connectivity index (χ0) is 9.84. The van der Waals surface area contributed by atoms with Gasteiger partial charge in [-0.05, 0) is 13.0 Å². The molecule has 2 atom stereocenters. The van der Waals surface area contributed by atoms with Crippen molar-refractivity contribution in [1.82, 2.24) is 9.97 Å². The molecule has 1 aromatic heterocycles. The first-order valence-electron chi connectivity index (χ1n) is 3.64. The number of carbonyl (C=O) groups excluding carboxylic acids is 1. The highest BCUT2D eigenvalue weighted by molar-refractivity contribution is 6.39. The Balaban J connectivity index is 2.80. The number of alkyl halides is 2. The molecule has 0 bridgehead atoms. The van der Waals surface area contributed by atoms with E-state index >= 15 is 0 Å². The summed E-state index contributed by atoms with van der Waals surface area (Å²) in [6, 6.07) is 1.48. The lowest BCUT2D eigenvalue weighted by Gasteiger charge is -2.08. The molecule has 1 heterocycles. The van der Waals surface area contributed by atoms with Crippen LogP contribution in [0.3, 0.4) is 0 Å². The maximum absolute atomic E-state index is 11.5. The molecule has 0 amide bonds. The van der Waals surface area contributed by atoms with Crippen LogP contribution in [0.4, 0.5) is 0 Å². The highest BCUT2D eigenvalue weighted by Gasteiger charge is 2.22. The van der Waals surface area contributed by atoms with Crippen LogP contribution in [-0.2, 0) is 0 Å². The molecule has 0 aliphatic carbocycles. The Kier molecular flexibility index (Phi) is 3.63. The molecular formula is C8H7Cl2N2O. The molecule has 2 unspecified atom stereocenters. The predicted octanol–water partition coefficient (Wildman–Crippen LogP) is 1.69. The predicted molar refractivity (Wildman–Crippen MR) is 50.2 cm³/mol. The molecule has 3 nitrogen and oxygen atoms in total. The lowest BCUT2D eigenvalue weighted by molar-refractivity contribution is 0.0982. The molecule has 0 aromatic carbocycles. The number of carbonyl (C=O) groups is 1. The lowest BCUT2D eigenvalue weighted by atomic mass is 10.1. The Hall–Kier alpha value is -0.670. The van der Waals surface area contributed by atoms with Crippen molar-refractivity contribution < 1.29 is 4.79 Å². The zero-order valence-corrected chi connectivity index (χ0v) is 8.38. The van der Waals surface area contributed by atoms with Crippen molar-refractivity contribution in [1.29, 1.82) is 0 Å². The fraction of sp³-hybridized carbons (Fsp3) is 0.375. The van der Waals surface area contributed by atoms with Gasteiger partial charge in [0.1, 0.15) is 11.1 Å². The van der Waals surface area contributed by atoms with Crippen LogP contribution in [0, 0.1) is 6.33 Å². The van der Waals surface area contributed by atoms with E-state index in [1.165, 1.54) is 12.3 Å². The average Bonchev–Trinajstić information content (AvgIpc) is 2.17. The van der Waals surface area contributed by atoms with Gasteiger partial charge in [-0.15, -0.1) is 23.2 Å². The summed E-state index contributed by atoms with van der Waals surface area (Å²) in [5.41, 5.74) is 0.238. The van der Waals surface area contributed by atoms with Gasteiger partial charge in [0.25, 0.3) is 0 Å². The summed E-state index contributed by atoms with van der Waals surface area (Å²) in [4.78, 5) is 18.7. The van der Waals surface area contributed by atoms with E-state index in [2.05, 4.69) is 16.3 Å². The molecule has 1 radical (unpaired) electrons. The summed E-state index contributed by atoms with van der Waals surface area (Å²) >= 11 is 11.4. The number of ketones is 1. The van der Waals surface area contributed by atoms with E-state index in [-0.39, 0.29) is 11.5 Å². The van der Waals surface area contributed by atoms with Gasteiger partial charge in [0.05, 0.1) is 5.38 Å². The molecule has 13 heavy (non-hydrogen) atoms. The van der Waals surface area contributed by atoms with Crippen LogP contribution in [0.5, 0.6) is 0 Å². The van der Waals surface area contributed by atoms with Gasteiger partial charge in [0, 0.05) is 6.20 Å². The Morgan fingerprint density at radius 1 is 1.62 bits per heavy atom. The van der Waals surface area contributed by atoms with Crippen molar-refractivity contribution in [3.63, 3.8) is 0 Å². The van der Waals surface area contributed by atoms with Crippen LogP contribution >= 0.6 is 23.2 Å². The van der Waals surface area contributed by atoms with Gasteiger partial charge in [-0.25, -0.2) is 9.97 Å². The fourth-order valence-corrected chi connectivity index (χ4v) is 0.975. The third-order valence-corrected chi connectivity index (χ3v) is 2.40. The largest absolute Gasteiger partial charge is 0.291 e. The maximum atomic E-state index is 11.5. The van der Waals surface area contributed by atoms with Crippen molar-refractivity contribution in [2.24, 2.45) is 0 Å². The molecule has 0 aliphatic heterocycles. The molecule has 0 spiro atoms. The van der Waals surface area contributed by atoms with Crippen LogP contribution in [0.2, 0.25) is 0 Å². The van der Waals surface area contributed by atoms with E-state index in [9.17, 15) is 4.79 Å². The Morgan fingerprint density at radius 2 is 2.31 bits per heavy atom. The molecule has 1 aromatic rings. The first-order chi connectivity index (χ1) is 6.13. The maximum Gasteiger partial charge on any atom is 0.200 e. The molecular weight excluding hydrogens is 211 g/mol. The third kappa shape index (κ3) is 2.64. The van der Waals surface area contributed by atoms with Crippen LogP contribution in [-0.4, -0.2) is 26.5 Å². The SMILES string of the molecule is CC(Cl)C(Cl)C(=O)c1ccn[c]n1. The first-order valence-corrected chi connectivity index (χ1v) is 4.51. The molecule has 69 valence electrons. The van der Waals surface area contributed by atoms with Gasteiger partial charge in [-0.1, -0.05) is 0 Å². The fourth-order valence-electron chi connectivity index (χ4n) is 0.748. The van der Waals surface area contributed by atoms with Gasteiger partial charge >= 0.3 is 0 Å². The van der Waals surface area contributed by atoms with E-state index in [4.69, 9.17) is 23.2 Å². The quantitative estimate of drug-likeness (QED) is 0.572. The van der Waals surface area contributed by atoms with Crippen molar-refractivity contribution in [2.45, 2.75) is 17.7 Å². The van der Waals surface area contributed by atoms with Gasteiger partial charge in [0.15, 0.2) is 6.33 Å². The average molecular weight is 218 g/mol. The highest BCUT2D eigenvalue weighted by Crippen LogP contribution is 2.13. The minimum atomic E-state index is -0.759. The smallest absolute Gasteiger partial charge is 0.200 e. The van der Waals surface area contributed by atoms with Crippen LogP contribution in [0.15, 0.2) is 12.3 Å². The molecule has 0 saturated heterocycles. The Bertz CT molecular complexity index is 289. The minimum absolute atomic E-state index is 0.238. The standard InChI is InChI=1S/C8H7Cl2N2O/c1-5(9)7(10)8(13)6-2-3-11-4-12-6/h2-3,5,7H,1H3. The summed E-state index contributed by atoms with van der Waals surface area (Å²) < 4.78 is 0. The van der Waals surface area contributed by atoms with E-state index in [1.54, 1.807) is 6.92 Å². The van der Waals surface area contributed by atoms with Gasteiger partial charge in [-0.3, -0.25) is 4.79 Å². The normalized spacial score (nSPS) is 15.0. The zero-order valence-electron chi connectivity index (χ0n) is 6.87. The summed E-state index contributed by atoms with van der Waals surface area (Å²) in [5.74, 6) is -0.303. The number of nitrogens with zero attached hydrogens (tertiary/aromatic N) is 2. The topological polar surface area (TPSA) is 42.9 Å². The van der Waals surface area contributed by atoms with Gasteiger partial charge in [0.2, 0.25) is 5.78 Å². The van der Waals surface area contributed by atoms with Crippen LogP contribution < -0.4 is 0 Å². The van der Waals surface area contributed by atoms with Crippen LogP contribution in [0.25, 0.3) is 0 Å². The number of rotatable bonds is 3. The summed E-state index contributed by atoms with van der Waals surface area (Å²) in [6.45, 7) is 1.65. The molecule has 0 N–H and O–H groups in total. The molecule has 0 aliphatic rings. The van der Waals surface area contributed by atoms with E-state index < -0.39 is 10.8 Å². The summed E-state index contributed by atoms with van der Waals surface area (Å²) in [5, 5.41) is -1.19. The number of halogens is 2. The first kappa shape index (κ1) is 10.4.